The Morgan fingerprint density at radius 2 is 1.95 bits per heavy atom. The first kappa shape index (κ1) is 14.7. The lowest BCUT2D eigenvalue weighted by Crippen LogP contribution is -2.25. The molecule has 0 spiro atoms. The maximum absolute atomic E-state index is 12.7. The van der Waals surface area contributed by atoms with Crippen LogP contribution in [0.15, 0.2) is 52.2 Å². The molecule has 2 rings (SSSR count). The predicted octanol–water partition coefficient (Wildman–Crippen LogP) is 1.82. The average molecular weight is 299 g/mol. The first-order valence-corrected chi connectivity index (χ1v) is 7.43. The minimum Gasteiger partial charge on any atom is -0.472 e. The average Bonchev–Trinajstić information content (AvgIpc) is 2.93. The van der Waals surface area contributed by atoms with Crippen molar-refractivity contribution >= 4 is 10.0 Å². The summed E-state index contributed by atoms with van der Waals surface area (Å²) < 4.78 is 43.7. The number of sulfonamides is 1. The maximum atomic E-state index is 12.7. The van der Waals surface area contributed by atoms with E-state index in [-0.39, 0.29) is 17.9 Å². The molecule has 1 heterocycles. The molecule has 1 unspecified atom stereocenters. The van der Waals surface area contributed by atoms with Gasteiger partial charge in [0, 0.05) is 12.1 Å². The molecule has 0 fully saturated rings. The van der Waals surface area contributed by atoms with Gasteiger partial charge in [-0.05, 0) is 36.8 Å². The van der Waals surface area contributed by atoms with Gasteiger partial charge in [-0.15, -0.1) is 0 Å². The van der Waals surface area contributed by atoms with Crippen molar-refractivity contribution in [3.63, 3.8) is 0 Å². The normalized spacial score (nSPS) is 13.3. The predicted molar refractivity (Wildman–Crippen MR) is 69.9 cm³/mol. The Morgan fingerprint density at radius 3 is 2.55 bits per heavy atom. The number of hydrogen-bond donors (Lipinski definition) is 2. The molecule has 0 saturated carbocycles. The molecule has 5 nitrogen and oxygen atoms in total. The van der Waals surface area contributed by atoms with Gasteiger partial charge in [0.1, 0.15) is 5.82 Å². The van der Waals surface area contributed by atoms with Crippen LogP contribution in [0.2, 0.25) is 0 Å². The highest BCUT2D eigenvalue weighted by Gasteiger charge is 2.15. The van der Waals surface area contributed by atoms with Gasteiger partial charge in [0.05, 0.1) is 23.5 Å². The Balaban J connectivity index is 1.91. The Morgan fingerprint density at radius 1 is 1.25 bits per heavy atom. The van der Waals surface area contributed by atoms with Crippen LogP contribution in [0.4, 0.5) is 4.39 Å². The Kier molecular flexibility index (Phi) is 4.53. The lowest BCUT2D eigenvalue weighted by Gasteiger charge is -2.10. The molecule has 1 atom stereocenters. The third-order valence-corrected chi connectivity index (χ3v) is 4.24. The van der Waals surface area contributed by atoms with Gasteiger partial charge in [-0.2, -0.15) is 0 Å². The van der Waals surface area contributed by atoms with Crippen molar-refractivity contribution in [2.24, 2.45) is 0 Å². The van der Waals surface area contributed by atoms with E-state index < -0.39 is 21.9 Å². The van der Waals surface area contributed by atoms with E-state index in [2.05, 4.69) is 4.72 Å². The number of aliphatic hydroxyl groups excluding tert-OH is 1. The molecule has 20 heavy (non-hydrogen) atoms. The van der Waals surface area contributed by atoms with Gasteiger partial charge in [-0.1, -0.05) is 0 Å². The van der Waals surface area contributed by atoms with Gasteiger partial charge in [-0.25, -0.2) is 17.5 Å². The molecule has 108 valence electrons. The second-order valence-electron chi connectivity index (χ2n) is 4.21. The molecule has 2 N–H and O–H groups in total. The number of hydrogen-bond acceptors (Lipinski definition) is 4. The SMILES string of the molecule is O=S(=O)(NCCC(O)c1ccoc1)c1ccc(F)cc1. The summed E-state index contributed by atoms with van der Waals surface area (Å²) in [5, 5.41) is 9.77. The number of rotatable bonds is 6. The van der Waals surface area contributed by atoms with E-state index in [1.807, 2.05) is 0 Å². The van der Waals surface area contributed by atoms with E-state index in [9.17, 15) is 17.9 Å². The molecule has 0 bridgehead atoms. The number of benzene rings is 1. The number of nitrogens with one attached hydrogen (secondary N) is 1. The van der Waals surface area contributed by atoms with Gasteiger partial charge in [-0.3, -0.25) is 0 Å². The van der Waals surface area contributed by atoms with Crippen molar-refractivity contribution < 1.29 is 22.3 Å². The van der Waals surface area contributed by atoms with Crippen molar-refractivity contribution in [1.29, 1.82) is 0 Å². The zero-order valence-corrected chi connectivity index (χ0v) is 11.3. The molecular formula is C13H14FNO4S. The fourth-order valence-corrected chi connectivity index (χ4v) is 2.71. The molecule has 0 saturated heterocycles. The summed E-state index contributed by atoms with van der Waals surface area (Å²) in [6, 6.07) is 6.14. The van der Waals surface area contributed by atoms with E-state index in [1.165, 1.54) is 24.7 Å². The first-order chi connectivity index (χ1) is 9.49. The molecule has 7 heteroatoms. The molecule has 0 aliphatic rings. The van der Waals surface area contributed by atoms with Crippen LogP contribution in [0.5, 0.6) is 0 Å². The summed E-state index contributed by atoms with van der Waals surface area (Å²) in [6.07, 6.45) is 2.24. The second-order valence-corrected chi connectivity index (χ2v) is 5.98. The fraction of sp³-hybridized carbons (Fsp3) is 0.231. The minimum atomic E-state index is -3.69. The van der Waals surface area contributed by atoms with Gasteiger partial charge in [0.2, 0.25) is 10.0 Å². The minimum absolute atomic E-state index is 0.0169. The standard InChI is InChI=1S/C13H14FNO4S/c14-11-1-3-12(4-2-11)20(17,18)15-7-5-13(16)10-6-8-19-9-10/h1-4,6,8-9,13,15-16H,5,7H2. The van der Waals surface area contributed by atoms with E-state index in [1.54, 1.807) is 6.07 Å². The van der Waals surface area contributed by atoms with Crippen molar-refractivity contribution in [2.45, 2.75) is 17.4 Å². The van der Waals surface area contributed by atoms with Gasteiger partial charge in [0.15, 0.2) is 0 Å². The monoisotopic (exact) mass is 299 g/mol. The second kappa shape index (κ2) is 6.17. The number of furan rings is 1. The highest BCUT2D eigenvalue weighted by molar-refractivity contribution is 7.89. The zero-order valence-electron chi connectivity index (χ0n) is 10.5. The summed E-state index contributed by atoms with van der Waals surface area (Å²) in [6.45, 7) is 0.0616. The van der Waals surface area contributed by atoms with Crippen LogP contribution in [-0.4, -0.2) is 20.1 Å². The Labute approximate surface area is 116 Å². The van der Waals surface area contributed by atoms with Gasteiger partial charge in [0.25, 0.3) is 0 Å². The van der Waals surface area contributed by atoms with Gasteiger partial charge >= 0.3 is 0 Å². The molecule has 0 aliphatic carbocycles. The van der Waals surface area contributed by atoms with E-state index in [4.69, 9.17) is 4.42 Å². The van der Waals surface area contributed by atoms with Crippen LogP contribution in [0, 0.1) is 5.82 Å². The van der Waals surface area contributed by atoms with E-state index >= 15 is 0 Å². The highest BCUT2D eigenvalue weighted by atomic mass is 32.2. The van der Waals surface area contributed by atoms with Crippen LogP contribution in [0.3, 0.4) is 0 Å². The Hall–Kier alpha value is -1.70. The first-order valence-electron chi connectivity index (χ1n) is 5.94. The summed E-state index contributed by atoms with van der Waals surface area (Å²) in [7, 11) is -3.69. The molecular weight excluding hydrogens is 285 g/mol. The zero-order chi connectivity index (χ0) is 14.6. The highest BCUT2D eigenvalue weighted by Crippen LogP contribution is 2.16. The van der Waals surface area contributed by atoms with Crippen molar-refractivity contribution in [2.75, 3.05) is 6.54 Å². The lowest BCUT2D eigenvalue weighted by molar-refractivity contribution is 0.168. The summed E-state index contributed by atoms with van der Waals surface area (Å²) >= 11 is 0. The summed E-state index contributed by atoms with van der Waals surface area (Å²) in [5.74, 6) is -0.501. The molecule has 2 aromatic rings. The largest absolute Gasteiger partial charge is 0.472 e. The van der Waals surface area contributed by atoms with Crippen molar-refractivity contribution in [3.8, 4) is 0 Å². The van der Waals surface area contributed by atoms with Crippen LogP contribution >= 0.6 is 0 Å². The quantitative estimate of drug-likeness (QED) is 0.852. The van der Waals surface area contributed by atoms with Crippen LogP contribution < -0.4 is 4.72 Å². The lowest BCUT2D eigenvalue weighted by atomic mass is 10.1. The van der Waals surface area contributed by atoms with Crippen molar-refractivity contribution in [3.05, 3.63) is 54.2 Å². The third-order valence-electron chi connectivity index (χ3n) is 2.76. The third kappa shape index (κ3) is 3.66. The molecule has 1 aromatic heterocycles. The fourth-order valence-electron chi connectivity index (χ4n) is 1.66. The molecule has 0 aliphatic heterocycles. The molecule has 1 aromatic carbocycles. The van der Waals surface area contributed by atoms with Crippen LogP contribution in [0.1, 0.15) is 18.1 Å². The van der Waals surface area contributed by atoms with E-state index in [0.717, 1.165) is 12.1 Å². The van der Waals surface area contributed by atoms with Crippen LogP contribution in [0.25, 0.3) is 0 Å². The number of aliphatic hydroxyl groups is 1. The Bertz CT molecular complexity index is 638. The summed E-state index contributed by atoms with van der Waals surface area (Å²) in [5.41, 5.74) is 0.589. The number of halogens is 1. The molecule has 0 radical (unpaired) electrons. The topological polar surface area (TPSA) is 79.5 Å². The van der Waals surface area contributed by atoms with Crippen LogP contribution in [-0.2, 0) is 10.0 Å². The van der Waals surface area contributed by atoms with Crippen molar-refractivity contribution in [1.82, 2.24) is 4.72 Å². The smallest absolute Gasteiger partial charge is 0.240 e. The molecule has 0 amide bonds. The van der Waals surface area contributed by atoms with Gasteiger partial charge < -0.3 is 9.52 Å². The summed E-state index contributed by atoms with van der Waals surface area (Å²) in [4.78, 5) is -0.0169. The maximum Gasteiger partial charge on any atom is 0.240 e. The van der Waals surface area contributed by atoms with E-state index in [0.29, 0.717) is 5.56 Å².